The number of carbonyl (C=O) groups excluding carboxylic acids is 2. The Kier molecular flexibility index (Phi) is 5.64. The summed E-state index contributed by atoms with van der Waals surface area (Å²) < 4.78 is 58.9. The van der Waals surface area contributed by atoms with Crippen LogP contribution >= 0.6 is 0 Å². The van der Waals surface area contributed by atoms with E-state index < -0.39 is 41.2 Å². The number of esters is 2. The van der Waals surface area contributed by atoms with E-state index in [0.29, 0.717) is 11.1 Å². The van der Waals surface area contributed by atoms with Crippen molar-refractivity contribution in [3.63, 3.8) is 0 Å². The van der Waals surface area contributed by atoms with Crippen LogP contribution in [-0.4, -0.2) is 30.3 Å². The van der Waals surface area contributed by atoms with Crippen LogP contribution in [0.25, 0.3) is 0 Å². The quantitative estimate of drug-likeness (QED) is 0.280. The summed E-state index contributed by atoms with van der Waals surface area (Å²) in [5, 5.41) is 0. The first-order valence-electron chi connectivity index (χ1n) is 12.5. The summed E-state index contributed by atoms with van der Waals surface area (Å²) in [5.41, 5.74) is -3.03. The Morgan fingerprint density at radius 3 is 1.36 bits per heavy atom. The molecule has 4 aromatic rings. The summed E-state index contributed by atoms with van der Waals surface area (Å²) in [6.45, 7) is 1.75. The van der Waals surface area contributed by atoms with Gasteiger partial charge in [-0.1, -0.05) is 84.9 Å². The van der Waals surface area contributed by atoms with Gasteiger partial charge in [-0.2, -0.15) is 13.2 Å². The minimum absolute atomic E-state index is 0.0171. The molecule has 2 unspecified atom stereocenters. The molecule has 196 valence electrons. The fourth-order valence-corrected chi connectivity index (χ4v) is 6.30. The molecule has 2 atom stereocenters. The molecular formula is C32H23F3O4. The van der Waals surface area contributed by atoms with Gasteiger partial charge in [0.2, 0.25) is 0 Å². The highest BCUT2D eigenvalue weighted by molar-refractivity contribution is 5.91. The van der Waals surface area contributed by atoms with E-state index >= 15 is 13.2 Å². The normalized spacial score (nSPS) is 24.8. The summed E-state index contributed by atoms with van der Waals surface area (Å²) in [5.74, 6) is -1.74. The molecule has 0 radical (unpaired) electrons. The molecule has 3 aliphatic rings. The Morgan fingerprint density at radius 1 is 0.590 bits per heavy atom. The molecule has 39 heavy (non-hydrogen) atoms. The fourth-order valence-electron chi connectivity index (χ4n) is 6.30. The Balaban J connectivity index is 1.63. The van der Waals surface area contributed by atoms with Crippen molar-refractivity contribution < 1.29 is 32.2 Å². The summed E-state index contributed by atoms with van der Waals surface area (Å²) in [6, 6.07) is 28.4. The zero-order chi connectivity index (χ0) is 27.4. The predicted molar refractivity (Wildman–Crippen MR) is 137 cm³/mol. The van der Waals surface area contributed by atoms with Crippen molar-refractivity contribution in [1.29, 1.82) is 0 Å². The average Bonchev–Trinajstić information content (AvgIpc) is 2.95. The third kappa shape index (κ3) is 3.45. The minimum Gasteiger partial charge on any atom is -0.453 e. The largest absolute Gasteiger partial charge is 0.453 e. The van der Waals surface area contributed by atoms with Gasteiger partial charge in [0.1, 0.15) is 0 Å². The average molecular weight is 529 g/mol. The van der Waals surface area contributed by atoms with Gasteiger partial charge >= 0.3 is 18.1 Å². The molecule has 0 fully saturated rings. The van der Waals surface area contributed by atoms with Crippen molar-refractivity contribution in [2.45, 2.75) is 36.1 Å². The molecule has 0 saturated heterocycles. The van der Waals surface area contributed by atoms with Gasteiger partial charge in [0.05, 0.1) is 16.5 Å². The highest BCUT2D eigenvalue weighted by Gasteiger charge is 2.76. The van der Waals surface area contributed by atoms with E-state index in [9.17, 15) is 9.59 Å². The van der Waals surface area contributed by atoms with E-state index in [0.717, 1.165) is 0 Å². The molecule has 2 bridgehead atoms. The van der Waals surface area contributed by atoms with Crippen LogP contribution in [0.15, 0.2) is 109 Å². The van der Waals surface area contributed by atoms with Gasteiger partial charge in [-0.05, 0) is 53.4 Å². The lowest BCUT2D eigenvalue weighted by Gasteiger charge is -2.60. The molecule has 7 rings (SSSR count). The van der Waals surface area contributed by atoms with Gasteiger partial charge in [-0.15, -0.1) is 0 Å². The number of hydrogen-bond donors (Lipinski definition) is 0. The van der Waals surface area contributed by atoms with Gasteiger partial charge in [0.25, 0.3) is 0 Å². The zero-order valence-electron chi connectivity index (χ0n) is 20.8. The van der Waals surface area contributed by atoms with Gasteiger partial charge in [-0.3, -0.25) is 0 Å². The maximum absolute atomic E-state index is 15.7. The second-order valence-corrected chi connectivity index (χ2v) is 9.98. The number of rotatable bonds is 4. The summed E-state index contributed by atoms with van der Waals surface area (Å²) in [6.07, 6.45) is -8.29. The number of alkyl halides is 3. The highest BCUT2D eigenvalue weighted by Crippen LogP contribution is 2.65. The minimum atomic E-state index is -4.92. The second kappa shape index (κ2) is 8.83. The molecular weight excluding hydrogens is 505 g/mol. The number of fused-ring (bicyclic) bond motifs is 1. The van der Waals surface area contributed by atoms with E-state index in [1.165, 1.54) is 36.4 Å². The smallest absolute Gasteiger partial charge is 0.406 e. The van der Waals surface area contributed by atoms with E-state index in [1.807, 2.05) is 0 Å². The van der Waals surface area contributed by atoms with Crippen molar-refractivity contribution in [1.82, 2.24) is 0 Å². The van der Waals surface area contributed by atoms with Crippen LogP contribution in [0.1, 0.15) is 49.9 Å². The van der Waals surface area contributed by atoms with Gasteiger partial charge < -0.3 is 9.47 Å². The molecule has 0 heterocycles. The van der Waals surface area contributed by atoms with Gasteiger partial charge in [-0.25, -0.2) is 9.59 Å². The van der Waals surface area contributed by atoms with Crippen LogP contribution in [-0.2, 0) is 20.3 Å². The summed E-state index contributed by atoms with van der Waals surface area (Å²) >= 11 is 0. The molecule has 0 saturated carbocycles. The summed E-state index contributed by atoms with van der Waals surface area (Å²) in [7, 11) is 0. The lowest BCUT2D eigenvalue weighted by Crippen LogP contribution is -2.71. The van der Waals surface area contributed by atoms with Crippen LogP contribution < -0.4 is 0 Å². The van der Waals surface area contributed by atoms with Crippen molar-refractivity contribution in [3.8, 4) is 0 Å². The van der Waals surface area contributed by atoms with Crippen molar-refractivity contribution >= 4 is 11.9 Å². The monoisotopic (exact) mass is 528 g/mol. The van der Waals surface area contributed by atoms with Crippen LogP contribution in [0.2, 0.25) is 0 Å². The molecule has 0 amide bonds. The third-order valence-electron chi connectivity index (χ3n) is 8.03. The van der Waals surface area contributed by atoms with E-state index in [1.54, 1.807) is 79.7 Å². The number of ether oxygens (including phenoxy) is 2. The van der Waals surface area contributed by atoms with E-state index in [4.69, 9.17) is 9.47 Å². The van der Waals surface area contributed by atoms with Crippen LogP contribution in [0.4, 0.5) is 13.2 Å². The zero-order valence-corrected chi connectivity index (χ0v) is 20.8. The number of benzene rings is 4. The SMILES string of the molecule is C[C@]12c3ccccc3[C@](C(F)(F)F)(c3ccccc31)C(OC(=O)c1ccccc1)C2OC(=O)c1ccccc1. The molecule has 4 aromatic carbocycles. The molecule has 0 N–H and O–H groups in total. The molecule has 3 aliphatic carbocycles. The first-order chi connectivity index (χ1) is 18.7. The highest BCUT2D eigenvalue weighted by atomic mass is 19.4. The molecule has 7 heteroatoms. The van der Waals surface area contributed by atoms with E-state index in [-0.39, 0.29) is 22.3 Å². The van der Waals surface area contributed by atoms with Crippen molar-refractivity contribution in [2.24, 2.45) is 0 Å². The summed E-state index contributed by atoms with van der Waals surface area (Å²) in [4.78, 5) is 26.7. The lowest BCUT2D eigenvalue weighted by molar-refractivity contribution is -0.231. The van der Waals surface area contributed by atoms with Crippen molar-refractivity contribution in [3.05, 3.63) is 143 Å². The van der Waals surface area contributed by atoms with Crippen LogP contribution in [0.3, 0.4) is 0 Å². The molecule has 0 aromatic heterocycles. The van der Waals surface area contributed by atoms with Crippen LogP contribution in [0.5, 0.6) is 0 Å². The number of hydrogen-bond acceptors (Lipinski definition) is 4. The number of carbonyl (C=O) groups is 2. The van der Waals surface area contributed by atoms with E-state index in [2.05, 4.69) is 0 Å². The molecule has 4 nitrogen and oxygen atoms in total. The van der Waals surface area contributed by atoms with Crippen LogP contribution in [0, 0.1) is 0 Å². The van der Waals surface area contributed by atoms with Gasteiger partial charge in [0, 0.05) is 0 Å². The number of halogens is 3. The van der Waals surface area contributed by atoms with Gasteiger partial charge in [0.15, 0.2) is 17.6 Å². The predicted octanol–water partition coefficient (Wildman–Crippen LogP) is 6.62. The first-order valence-corrected chi connectivity index (χ1v) is 12.5. The Bertz CT molecular complexity index is 1520. The van der Waals surface area contributed by atoms with Crippen molar-refractivity contribution in [2.75, 3.05) is 0 Å². The maximum atomic E-state index is 15.7. The Labute approximate surface area is 223 Å². The Hall–Kier alpha value is -4.39. The lowest BCUT2D eigenvalue weighted by atomic mass is 9.46. The first kappa shape index (κ1) is 24.9. The maximum Gasteiger partial charge on any atom is 0.406 e. The second-order valence-electron chi connectivity index (χ2n) is 9.98. The topological polar surface area (TPSA) is 52.6 Å². The third-order valence-corrected chi connectivity index (χ3v) is 8.03. The Morgan fingerprint density at radius 2 is 0.949 bits per heavy atom. The molecule has 0 aliphatic heterocycles. The fraction of sp³-hybridized carbons (Fsp3) is 0.188. The standard InChI is InChI=1S/C32H23F3O4/c1-30-22-16-8-10-18-24(22)31(32(33,34)35,25-19-11-9-17-23(25)30)27(39-29(37)21-14-6-3-7-15-21)26(30)38-28(36)20-12-4-2-5-13-20/h2-19,26-27H,1H3/t26?,27?,30-,31-. The molecule has 0 spiro atoms.